The highest BCUT2D eigenvalue weighted by Gasteiger charge is 2.24. The van der Waals surface area contributed by atoms with Gasteiger partial charge < -0.3 is 10.1 Å². The van der Waals surface area contributed by atoms with Crippen molar-refractivity contribution >= 4 is 27.8 Å². The lowest BCUT2D eigenvalue weighted by molar-refractivity contribution is 0.111. The molecule has 1 N–H and O–H groups in total. The van der Waals surface area contributed by atoms with Gasteiger partial charge in [-0.2, -0.15) is 0 Å². The summed E-state index contributed by atoms with van der Waals surface area (Å²) >= 11 is 3.40. The van der Waals surface area contributed by atoms with Crippen molar-refractivity contribution in [3.8, 4) is 10.6 Å². The standard InChI is InChI=1S/C14H19N3OS2/c1-3-9-12(10-8-19-14(17-10)15-4-2)20-13(16-9)11-6-5-7-18-11/h8,11H,3-7H2,1-2H3,(H,15,17). The van der Waals surface area contributed by atoms with Gasteiger partial charge in [0.15, 0.2) is 5.13 Å². The van der Waals surface area contributed by atoms with Gasteiger partial charge in [-0.15, -0.1) is 22.7 Å². The lowest BCUT2D eigenvalue weighted by Crippen LogP contribution is -1.95. The van der Waals surface area contributed by atoms with E-state index in [1.165, 1.54) is 4.88 Å². The molecule has 0 bridgehead atoms. The van der Waals surface area contributed by atoms with Gasteiger partial charge in [0.25, 0.3) is 0 Å². The molecule has 1 atom stereocenters. The van der Waals surface area contributed by atoms with Gasteiger partial charge in [-0.3, -0.25) is 0 Å². The molecule has 0 saturated carbocycles. The highest BCUT2D eigenvalue weighted by atomic mass is 32.1. The first-order valence-corrected chi connectivity index (χ1v) is 8.82. The van der Waals surface area contributed by atoms with Gasteiger partial charge in [0, 0.05) is 18.5 Å². The average Bonchev–Trinajstić information content (AvgIpc) is 3.18. The molecule has 1 aliphatic rings. The predicted molar refractivity (Wildman–Crippen MR) is 84.7 cm³/mol. The Morgan fingerprint density at radius 1 is 1.40 bits per heavy atom. The summed E-state index contributed by atoms with van der Waals surface area (Å²) < 4.78 is 5.75. The average molecular weight is 309 g/mol. The molecule has 108 valence electrons. The summed E-state index contributed by atoms with van der Waals surface area (Å²) in [7, 11) is 0. The molecule has 3 rings (SSSR count). The molecule has 20 heavy (non-hydrogen) atoms. The third-order valence-corrected chi connectivity index (χ3v) is 5.33. The fourth-order valence-corrected chi connectivity index (χ4v) is 4.38. The summed E-state index contributed by atoms with van der Waals surface area (Å²) in [6, 6.07) is 0. The molecule has 1 saturated heterocycles. The zero-order valence-corrected chi connectivity index (χ0v) is 13.4. The van der Waals surface area contributed by atoms with Crippen LogP contribution in [0.1, 0.15) is 43.5 Å². The maximum Gasteiger partial charge on any atom is 0.183 e. The number of rotatable bonds is 5. The van der Waals surface area contributed by atoms with Crippen LogP contribution >= 0.6 is 22.7 Å². The van der Waals surface area contributed by atoms with Crippen molar-refractivity contribution in [2.45, 2.75) is 39.2 Å². The summed E-state index contributed by atoms with van der Waals surface area (Å²) in [5.41, 5.74) is 2.19. The maximum atomic E-state index is 5.75. The normalized spacial score (nSPS) is 18.6. The van der Waals surface area contributed by atoms with E-state index in [2.05, 4.69) is 29.5 Å². The number of ether oxygens (including phenoxy) is 1. The van der Waals surface area contributed by atoms with Gasteiger partial charge >= 0.3 is 0 Å². The number of hydrogen-bond acceptors (Lipinski definition) is 6. The molecule has 3 heterocycles. The van der Waals surface area contributed by atoms with Crippen LogP contribution < -0.4 is 5.32 Å². The minimum atomic E-state index is 0.200. The number of aryl methyl sites for hydroxylation is 1. The van der Waals surface area contributed by atoms with Crippen LogP contribution in [0.3, 0.4) is 0 Å². The van der Waals surface area contributed by atoms with E-state index in [1.807, 2.05) is 0 Å². The molecule has 0 aromatic carbocycles. The van der Waals surface area contributed by atoms with Gasteiger partial charge in [0.1, 0.15) is 11.1 Å². The van der Waals surface area contributed by atoms with Crippen LogP contribution in [0.15, 0.2) is 5.38 Å². The summed E-state index contributed by atoms with van der Waals surface area (Å²) in [5, 5.41) is 7.48. The Hall–Kier alpha value is -0.980. The van der Waals surface area contributed by atoms with Crippen molar-refractivity contribution in [3.05, 3.63) is 16.1 Å². The molecule has 2 aromatic heterocycles. The second-order valence-electron chi connectivity index (χ2n) is 4.75. The number of nitrogens with zero attached hydrogens (tertiary/aromatic N) is 2. The summed E-state index contributed by atoms with van der Waals surface area (Å²) in [6.45, 7) is 6.00. The van der Waals surface area contributed by atoms with E-state index in [0.717, 1.165) is 53.9 Å². The first kappa shape index (κ1) is 14.0. The lowest BCUT2D eigenvalue weighted by Gasteiger charge is -2.03. The second kappa shape index (κ2) is 6.20. The summed E-state index contributed by atoms with van der Waals surface area (Å²) in [5.74, 6) is 0. The zero-order chi connectivity index (χ0) is 13.9. The second-order valence-corrected chi connectivity index (χ2v) is 6.64. The first-order valence-electron chi connectivity index (χ1n) is 7.12. The number of hydrogen-bond donors (Lipinski definition) is 1. The zero-order valence-electron chi connectivity index (χ0n) is 11.8. The monoisotopic (exact) mass is 309 g/mol. The highest BCUT2D eigenvalue weighted by molar-refractivity contribution is 7.16. The Balaban J connectivity index is 1.90. The van der Waals surface area contributed by atoms with Gasteiger partial charge in [-0.1, -0.05) is 6.92 Å². The molecule has 0 spiro atoms. The molecule has 2 aromatic rings. The van der Waals surface area contributed by atoms with Gasteiger partial charge in [0.05, 0.1) is 16.3 Å². The molecule has 0 aliphatic carbocycles. The van der Waals surface area contributed by atoms with Crippen molar-refractivity contribution in [1.29, 1.82) is 0 Å². The summed E-state index contributed by atoms with van der Waals surface area (Å²) in [4.78, 5) is 10.6. The molecule has 0 radical (unpaired) electrons. The van der Waals surface area contributed by atoms with Crippen molar-refractivity contribution in [2.75, 3.05) is 18.5 Å². The predicted octanol–water partition coefficient (Wildman–Crippen LogP) is 4.11. The quantitative estimate of drug-likeness (QED) is 0.903. The Morgan fingerprint density at radius 3 is 3.00 bits per heavy atom. The van der Waals surface area contributed by atoms with E-state index < -0.39 is 0 Å². The number of nitrogens with one attached hydrogen (secondary N) is 1. The van der Waals surface area contributed by atoms with E-state index in [-0.39, 0.29) is 6.10 Å². The Kier molecular flexibility index (Phi) is 4.33. The molecule has 1 fully saturated rings. The highest BCUT2D eigenvalue weighted by Crippen LogP contribution is 2.38. The van der Waals surface area contributed by atoms with Crippen LogP contribution in [0.5, 0.6) is 0 Å². The fraction of sp³-hybridized carbons (Fsp3) is 0.571. The van der Waals surface area contributed by atoms with Crippen molar-refractivity contribution in [2.24, 2.45) is 0 Å². The Bertz CT molecular complexity index is 573. The number of aromatic nitrogens is 2. The first-order chi connectivity index (χ1) is 9.81. The van der Waals surface area contributed by atoms with Crippen molar-refractivity contribution < 1.29 is 4.74 Å². The van der Waals surface area contributed by atoms with Crippen LogP contribution in [0, 0.1) is 0 Å². The lowest BCUT2D eigenvalue weighted by atomic mass is 10.2. The third-order valence-electron chi connectivity index (χ3n) is 3.32. The van der Waals surface area contributed by atoms with Crippen LogP contribution in [-0.4, -0.2) is 23.1 Å². The summed E-state index contributed by atoms with van der Waals surface area (Å²) in [6.07, 6.45) is 3.37. The molecule has 6 heteroatoms. The van der Waals surface area contributed by atoms with E-state index in [1.54, 1.807) is 22.7 Å². The van der Waals surface area contributed by atoms with Crippen LogP contribution in [0.2, 0.25) is 0 Å². The molecule has 4 nitrogen and oxygen atoms in total. The van der Waals surface area contributed by atoms with Gasteiger partial charge in [-0.25, -0.2) is 9.97 Å². The third kappa shape index (κ3) is 2.73. The Morgan fingerprint density at radius 2 is 2.30 bits per heavy atom. The van der Waals surface area contributed by atoms with E-state index in [9.17, 15) is 0 Å². The maximum absolute atomic E-state index is 5.75. The number of anilines is 1. The van der Waals surface area contributed by atoms with Crippen LogP contribution in [0.4, 0.5) is 5.13 Å². The SMILES string of the molecule is CCNc1nc(-c2sc(C3CCCO3)nc2CC)cs1. The number of thiazole rings is 2. The molecular weight excluding hydrogens is 290 g/mol. The molecule has 0 amide bonds. The largest absolute Gasteiger partial charge is 0.371 e. The van der Waals surface area contributed by atoms with E-state index >= 15 is 0 Å². The molecular formula is C14H19N3OS2. The van der Waals surface area contributed by atoms with Crippen LogP contribution in [-0.2, 0) is 11.2 Å². The van der Waals surface area contributed by atoms with Crippen molar-refractivity contribution in [1.82, 2.24) is 9.97 Å². The molecule has 1 aliphatic heterocycles. The van der Waals surface area contributed by atoms with E-state index in [4.69, 9.17) is 9.72 Å². The smallest absolute Gasteiger partial charge is 0.183 e. The van der Waals surface area contributed by atoms with Crippen LogP contribution in [0.25, 0.3) is 10.6 Å². The van der Waals surface area contributed by atoms with Gasteiger partial charge in [0.2, 0.25) is 0 Å². The Labute approximate surface area is 127 Å². The fourth-order valence-electron chi connectivity index (χ4n) is 2.33. The van der Waals surface area contributed by atoms with Crippen molar-refractivity contribution in [3.63, 3.8) is 0 Å². The van der Waals surface area contributed by atoms with E-state index in [0.29, 0.717) is 0 Å². The minimum absolute atomic E-state index is 0.200. The molecule has 1 unspecified atom stereocenters. The van der Waals surface area contributed by atoms with Gasteiger partial charge in [-0.05, 0) is 26.2 Å². The minimum Gasteiger partial charge on any atom is -0.371 e. The topological polar surface area (TPSA) is 47.0 Å².